The molecule has 2 aromatic carbocycles. The van der Waals surface area contributed by atoms with Gasteiger partial charge in [-0.1, -0.05) is 25.5 Å². The van der Waals surface area contributed by atoms with Gasteiger partial charge in [-0.2, -0.15) is 0 Å². The van der Waals surface area contributed by atoms with E-state index in [4.69, 9.17) is 14.2 Å². The molecule has 0 fully saturated rings. The first kappa shape index (κ1) is 21.3. The van der Waals surface area contributed by atoms with Crippen molar-refractivity contribution in [1.29, 1.82) is 0 Å². The molecule has 0 radical (unpaired) electrons. The molecule has 2 aromatic rings. The van der Waals surface area contributed by atoms with Crippen molar-refractivity contribution in [2.45, 2.75) is 26.3 Å². The molecule has 5 nitrogen and oxygen atoms in total. The topological polar surface area (TPSA) is 56.8 Å². The zero-order chi connectivity index (χ0) is 20.4. The van der Waals surface area contributed by atoms with E-state index < -0.39 is 5.82 Å². The zero-order valence-corrected chi connectivity index (χ0v) is 16.5. The zero-order valence-electron chi connectivity index (χ0n) is 16.5. The van der Waals surface area contributed by atoms with Crippen molar-refractivity contribution in [2.75, 3.05) is 20.8 Å². The van der Waals surface area contributed by atoms with Crippen LogP contribution < -0.4 is 19.5 Å². The number of carbonyl (C=O) groups excluding carboxylic acids is 1. The third kappa shape index (κ3) is 6.30. The fourth-order valence-electron chi connectivity index (χ4n) is 2.47. The Labute approximate surface area is 165 Å². The summed E-state index contributed by atoms with van der Waals surface area (Å²) in [5.74, 6) is 0.731. The smallest absolute Gasteiger partial charge is 0.244 e. The van der Waals surface area contributed by atoms with Crippen LogP contribution in [0.3, 0.4) is 0 Å². The molecule has 0 spiro atoms. The highest BCUT2D eigenvalue weighted by Crippen LogP contribution is 2.28. The number of unbranched alkanes of at least 4 members (excludes halogenated alkanes) is 1. The molecule has 0 heterocycles. The molecule has 1 amide bonds. The van der Waals surface area contributed by atoms with Gasteiger partial charge in [0.2, 0.25) is 5.91 Å². The number of benzene rings is 2. The van der Waals surface area contributed by atoms with Gasteiger partial charge in [0.15, 0.2) is 23.1 Å². The summed E-state index contributed by atoms with van der Waals surface area (Å²) in [6.45, 7) is 3.08. The van der Waals surface area contributed by atoms with Crippen molar-refractivity contribution in [2.24, 2.45) is 0 Å². The number of carbonyl (C=O) groups is 1. The third-order valence-electron chi connectivity index (χ3n) is 4.05. The van der Waals surface area contributed by atoms with Gasteiger partial charge in [-0.3, -0.25) is 4.79 Å². The SMILES string of the molecule is CCCCOc1ccc(CNC(=O)/C=C/c2ccc(OC)c(F)c2)cc1OC. The highest BCUT2D eigenvalue weighted by atomic mass is 19.1. The normalized spacial score (nSPS) is 10.7. The summed E-state index contributed by atoms with van der Waals surface area (Å²) in [5, 5.41) is 2.79. The average Bonchev–Trinajstić information content (AvgIpc) is 2.71. The molecule has 0 unspecified atom stereocenters. The van der Waals surface area contributed by atoms with Crippen LogP contribution in [0.15, 0.2) is 42.5 Å². The van der Waals surface area contributed by atoms with Gasteiger partial charge in [0.05, 0.1) is 20.8 Å². The standard InChI is InChI=1S/C22H26FNO4/c1-4-5-12-28-20-10-7-17(14-21(20)27-3)15-24-22(25)11-8-16-6-9-19(26-2)18(23)13-16/h6-11,13-14H,4-5,12,15H2,1-3H3,(H,24,25)/b11-8+. The molecule has 1 N–H and O–H groups in total. The molecule has 6 heteroatoms. The van der Waals surface area contributed by atoms with Crippen LogP contribution in [0.25, 0.3) is 6.08 Å². The molecule has 0 aliphatic rings. The first-order chi connectivity index (χ1) is 13.6. The van der Waals surface area contributed by atoms with Gasteiger partial charge in [0.1, 0.15) is 0 Å². The van der Waals surface area contributed by atoms with Crippen molar-refractivity contribution in [1.82, 2.24) is 5.32 Å². The number of amides is 1. The Morgan fingerprint density at radius 2 is 1.82 bits per heavy atom. The molecular weight excluding hydrogens is 361 g/mol. The number of hydrogen-bond acceptors (Lipinski definition) is 4. The minimum Gasteiger partial charge on any atom is -0.494 e. The number of ether oxygens (including phenoxy) is 3. The third-order valence-corrected chi connectivity index (χ3v) is 4.05. The van der Waals surface area contributed by atoms with Gasteiger partial charge < -0.3 is 19.5 Å². The van der Waals surface area contributed by atoms with Crippen LogP contribution in [0.1, 0.15) is 30.9 Å². The Balaban J connectivity index is 1.92. The predicted molar refractivity (Wildman–Crippen MR) is 107 cm³/mol. The van der Waals surface area contributed by atoms with E-state index in [2.05, 4.69) is 12.2 Å². The Bertz CT molecular complexity index is 820. The minimum atomic E-state index is -0.474. The summed E-state index contributed by atoms with van der Waals surface area (Å²) in [4.78, 5) is 12.0. The monoisotopic (exact) mass is 387 g/mol. The lowest BCUT2D eigenvalue weighted by atomic mass is 10.2. The molecule has 0 bridgehead atoms. The van der Waals surface area contributed by atoms with Crippen LogP contribution in [0.4, 0.5) is 4.39 Å². The summed E-state index contributed by atoms with van der Waals surface area (Å²) in [6.07, 6.45) is 4.94. The maximum Gasteiger partial charge on any atom is 0.244 e. The van der Waals surface area contributed by atoms with Crippen LogP contribution in [-0.4, -0.2) is 26.7 Å². The van der Waals surface area contributed by atoms with Crippen molar-refractivity contribution in [3.8, 4) is 17.2 Å². The van der Waals surface area contributed by atoms with Crippen molar-refractivity contribution in [3.05, 3.63) is 59.4 Å². The van der Waals surface area contributed by atoms with Crippen LogP contribution in [0.5, 0.6) is 17.2 Å². The summed E-state index contributed by atoms with van der Waals surface area (Å²) >= 11 is 0. The van der Waals surface area contributed by atoms with Crippen LogP contribution >= 0.6 is 0 Å². The fourth-order valence-corrected chi connectivity index (χ4v) is 2.47. The van der Waals surface area contributed by atoms with E-state index in [0.717, 1.165) is 18.4 Å². The van der Waals surface area contributed by atoms with E-state index in [1.165, 1.54) is 25.3 Å². The lowest BCUT2D eigenvalue weighted by Gasteiger charge is -2.12. The summed E-state index contributed by atoms with van der Waals surface area (Å²) in [7, 11) is 2.99. The van der Waals surface area contributed by atoms with E-state index in [0.29, 0.717) is 30.2 Å². The Kier molecular flexibility index (Phi) is 8.34. The fraction of sp³-hybridized carbons (Fsp3) is 0.318. The maximum atomic E-state index is 13.7. The lowest BCUT2D eigenvalue weighted by Crippen LogP contribution is -2.20. The van der Waals surface area contributed by atoms with E-state index >= 15 is 0 Å². The molecule has 0 saturated carbocycles. The molecule has 0 aromatic heterocycles. The van der Waals surface area contributed by atoms with Crippen molar-refractivity contribution < 1.29 is 23.4 Å². The first-order valence-corrected chi connectivity index (χ1v) is 9.16. The summed E-state index contributed by atoms with van der Waals surface area (Å²) in [5.41, 5.74) is 1.46. The highest BCUT2D eigenvalue weighted by Gasteiger charge is 2.07. The van der Waals surface area contributed by atoms with E-state index in [-0.39, 0.29) is 11.7 Å². The Morgan fingerprint density at radius 1 is 1.07 bits per heavy atom. The number of nitrogens with one attached hydrogen (secondary N) is 1. The molecule has 2 rings (SSSR count). The van der Waals surface area contributed by atoms with Gasteiger partial charge in [-0.15, -0.1) is 0 Å². The quantitative estimate of drug-likeness (QED) is 0.486. The van der Waals surface area contributed by atoms with Gasteiger partial charge >= 0.3 is 0 Å². The average molecular weight is 387 g/mol. The number of halogens is 1. The van der Waals surface area contributed by atoms with Gasteiger partial charge in [-0.05, 0) is 47.9 Å². The maximum absolute atomic E-state index is 13.7. The molecule has 0 aliphatic carbocycles. The van der Waals surface area contributed by atoms with Crippen molar-refractivity contribution in [3.63, 3.8) is 0 Å². The molecular formula is C22H26FNO4. The van der Waals surface area contributed by atoms with E-state index in [9.17, 15) is 9.18 Å². The number of hydrogen-bond donors (Lipinski definition) is 1. The largest absolute Gasteiger partial charge is 0.494 e. The van der Waals surface area contributed by atoms with Crippen molar-refractivity contribution >= 4 is 12.0 Å². The van der Waals surface area contributed by atoms with Gasteiger partial charge in [-0.25, -0.2) is 4.39 Å². The summed E-state index contributed by atoms with van der Waals surface area (Å²) in [6, 6.07) is 10.1. The molecule has 28 heavy (non-hydrogen) atoms. The molecule has 150 valence electrons. The second kappa shape index (κ2) is 11.0. The molecule has 0 aliphatic heterocycles. The van der Waals surface area contributed by atoms with E-state index in [1.54, 1.807) is 19.3 Å². The number of rotatable bonds is 10. The Hall–Kier alpha value is -3.02. The van der Waals surface area contributed by atoms with Crippen LogP contribution in [0.2, 0.25) is 0 Å². The second-order valence-corrected chi connectivity index (χ2v) is 6.13. The molecule has 0 atom stereocenters. The second-order valence-electron chi connectivity index (χ2n) is 6.13. The first-order valence-electron chi connectivity index (χ1n) is 9.16. The number of methoxy groups -OCH3 is 2. The predicted octanol–water partition coefficient (Wildman–Crippen LogP) is 4.35. The van der Waals surface area contributed by atoms with Crippen LogP contribution in [-0.2, 0) is 11.3 Å². The highest BCUT2D eigenvalue weighted by molar-refractivity contribution is 5.91. The minimum absolute atomic E-state index is 0.165. The van der Waals surface area contributed by atoms with Gasteiger partial charge in [0, 0.05) is 12.6 Å². The Morgan fingerprint density at radius 3 is 2.50 bits per heavy atom. The lowest BCUT2D eigenvalue weighted by molar-refractivity contribution is -0.116. The molecule has 0 saturated heterocycles. The summed E-state index contributed by atoms with van der Waals surface area (Å²) < 4.78 is 29.6. The van der Waals surface area contributed by atoms with Gasteiger partial charge in [0.25, 0.3) is 0 Å². The van der Waals surface area contributed by atoms with E-state index in [1.807, 2.05) is 18.2 Å². The van der Waals surface area contributed by atoms with Crippen LogP contribution in [0, 0.1) is 5.82 Å².